The topological polar surface area (TPSA) is 48.5 Å². The highest BCUT2D eigenvalue weighted by atomic mass is 32.2. The van der Waals surface area contributed by atoms with E-state index in [-0.39, 0.29) is 6.03 Å². The van der Waals surface area contributed by atoms with Crippen LogP contribution in [0.15, 0.2) is 24.4 Å². The molecule has 3 rings (SSSR count). The molecule has 2 amide bonds. The average molecular weight is 349 g/mol. The van der Waals surface area contributed by atoms with Gasteiger partial charge in [0.05, 0.1) is 0 Å². The summed E-state index contributed by atoms with van der Waals surface area (Å²) in [6, 6.07) is 6.47. The number of aromatic nitrogens is 1. The maximum Gasteiger partial charge on any atom is 0.317 e. The molecular formula is C18H28N4OS. The highest BCUT2D eigenvalue weighted by Gasteiger charge is 2.28. The van der Waals surface area contributed by atoms with E-state index in [1.807, 2.05) is 41.1 Å². The van der Waals surface area contributed by atoms with Crippen molar-refractivity contribution < 1.29 is 4.79 Å². The first-order valence-electron chi connectivity index (χ1n) is 9.09. The molecule has 2 heterocycles. The van der Waals surface area contributed by atoms with E-state index in [0.717, 1.165) is 56.5 Å². The monoisotopic (exact) mass is 348 g/mol. The molecule has 1 aliphatic carbocycles. The third-order valence-corrected chi connectivity index (χ3v) is 6.10. The Morgan fingerprint density at radius 2 is 2.21 bits per heavy atom. The number of urea groups is 1. The summed E-state index contributed by atoms with van der Waals surface area (Å²) in [6.45, 7) is 5.61. The van der Waals surface area contributed by atoms with Crippen molar-refractivity contribution in [3.63, 3.8) is 0 Å². The summed E-state index contributed by atoms with van der Waals surface area (Å²) in [7, 11) is 0. The summed E-state index contributed by atoms with van der Waals surface area (Å²) in [6.07, 6.45) is 6.30. The Hall–Kier alpha value is -1.43. The Kier molecular flexibility index (Phi) is 6.24. The molecule has 24 heavy (non-hydrogen) atoms. The lowest BCUT2D eigenvalue weighted by Gasteiger charge is -2.24. The van der Waals surface area contributed by atoms with Gasteiger partial charge in [0, 0.05) is 43.7 Å². The number of nitrogens with zero attached hydrogens (tertiary/aromatic N) is 3. The molecule has 6 heteroatoms. The minimum Gasteiger partial charge on any atom is -0.355 e. The molecule has 2 aliphatic rings. The fraction of sp³-hybridized carbons (Fsp3) is 0.667. The second-order valence-electron chi connectivity index (χ2n) is 6.55. The van der Waals surface area contributed by atoms with Gasteiger partial charge in [0.2, 0.25) is 0 Å². The van der Waals surface area contributed by atoms with Crippen molar-refractivity contribution in [2.24, 2.45) is 0 Å². The van der Waals surface area contributed by atoms with Crippen molar-refractivity contribution in [1.82, 2.24) is 15.2 Å². The number of carbonyl (C=O) groups is 1. The lowest BCUT2D eigenvalue weighted by Crippen LogP contribution is -2.45. The second kappa shape index (κ2) is 8.60. The molecule has 1 saturated heterocycles. The lowest BCUT2D eigenvalue weighted by molar-refractivity contribution is 0.197. The lowest BCUT2D eigenvalue weighted by atomic mass is 10.2. The number of carbonyl (C=O) groups excluding carboxylic acids is 1. The fourth-order valence-electron chi connectivity index (χ4n) is 3.61. The molecule has 0 bridgehead atoms. The smallest absolute Gasteiger partial charge is 0.317 e. The molecule has 2 fully saturated rings. The average Bonchev–Trinajstić information content (AvgIpc) is 2.89. The minimum absolute atomic E-state index is 0.116. The van der Waals surface area contributed by atoms with Crippen molar-refractivity contribution in [2.45, 2.75) is 43.9 Å². The highest BCUT2D eigenvalue weighted by Crippen LogP contribution is 2.29. The maximum atomic E-state index is 12.6. The van der Waals surface area contributed by atoms with Crippen molar-refractivity contribution in [3.8, 4) is 0 Å². The Morgan fingerprint density at radius 3 is 3.00 bits per heavy atom. The van der Waals surface area contributed by atoms with Crippen LogP contribution in [0.1, 0.15) is 32.6 Å². The van der Waals surface area contributed by atoms with Gasteiger partial charge >= 0.3 is 6.03 Å². The van der Waals surface area contributed by atoms with E-state index in [4.69, 9.17) is 0 Å². The van der Waals surface area contributed by atoms with Crippen molar-refractivity contribution in [1.29, 1.82) is 0 Å². The van der Waals surface area contributed by atoms with Crippen LogP contribution in [0.25, 0.3) is 0 Å². The molecule has 5 nitrogen and oxygen atoms in total. The summed E-state index contributed by atoms with van der Waals surface area (Å²) >= 11 is 2.03. The van der Waals surface area contributed by atoms with Crippen molar-refractivity contribution in [3.05, 3.63) is 24.4 Å². The molecule has 1 aromatic rings. The quantitative estimate of drug-likeness (QED) is 0.909. The van der Waals surface area contributed by atoms with Crippen LogP contribution in [0.5, 0.6) is 0 Å². The molecule has 2 unspecified atom stereocenters. The van der Waals surface area contributed by atoms with Crippen LogP contribution in [0.4, 0.5) is 10.6 Å². The van der Waals surface area contributed by atoms with Gasteiger partial charge in [-0.15, -0.1) is 0 Å². The molecular weight excluding hydrogens is 320 g/mol. The Bertz CT molecular complexity index is 527. The van der Waals surface area contributed by atoms with E-state index in [9.17, 15) is 4.79 Å². The van der Waals surface area contributed by atoms with E-state index >= 15 is 0 Å². The van der Waals surface area contributed by atoms with E-state index in [0.29, 0.717) is 6.04 Å². The Labute approximate surface area is 149 Å². The predicted octanol–water partition coefficient (Wildman–Crippen LogP) is 2.98. The van der Waals surface area contributed by atoms with Crippen LogP contribution >= 0.6 is 11.8 Å². The normalized spacial score (nSPS) is 24.7. The molecule has 0 spiro atoms. The van der Waals surface area contributed by atoms with Gasteiger partial charge in [-0.1, -0.05) is 13.0 Å². The molecule has 1 aliphatic heterocycles. The second-order valence-corrected chi connectivity index (χ2v) is 8.13. The first-order valence-corrected chi connectivity index (χ1v) is 10.1. The first-order chi connectivity index (χ1) is 11.8. The van der Waals surface area contributed by atoms with Crippen LogP contribution in [-0.2, 0) is 0 Å². The van der Waals surface area contributed by atoms with Gasteiger partial charge < -0.3 is 15.1 Å². The zero-order chi connectivity index (χ0) is 16.8. The molecule has 132 valence electrons. The van der Waals surface area contributed by atoms with Gasteiger partial charge in [0.25, 0.3) is 0 Å². The number of anilines is 1. The van der Waals surface area contributed by atoms with Gasteiger partial charge in [-0.2, -0.15) is 11.8 Å². The van der Waals surface area contributed by atoms with E-state index in [2.05, 4.69) is 22.1 Å². The number of pyridine rings is 1. The summed E-state index contributed by atoms with van der Waals surface area (Å²) in [5.74, 6) is 2.18. The van der Waals surface area contributed by atoms with Gasteiger partial charge in [-0.05, 0) is 43.6 Å². The summed E-state index contributed by atoms with van der Waals surface area (Å²) in [4.78, 5) is 21.3. The Morgan fingerprint density at radius 1 is 1.29 bits per heavy atom. The third-order valence-electron chi connectivity index (χ3n) is 4.87. The molecule has 0 radical (unpaired) electrons. The van der Waals surface area contributed by atoms with Gasteiger partial charge in [-0.25, -0.2) is 9.78 Å². The Balaban J connectivity index is 1.48. The number of rotatable bonds is 4. The molecule has 1 N–H and O–H groups in total. The summed E-state index contributed by atoms with van der Waals surface area (Å²) in [5, 5.41) is 3.98. The van der Waals surface area contributed by atoms with Crippen molar-refractivity contribution in [2.75, 3.05) is 36.8 Å². The number of thioether (sulfide) groups is 1. The largest absolute Gasteiger partial charge is 0.355 e. The zero-order valence-electron chi connectivity index (χ0n) is 14.5. The molecule has 1 aromatic heterocycles. The van der Waals surface area contributed by atoms with Crippen LogP contribution in [-0.4, -0.2) is 59.1 Å². The standard InChI is InChI=1S/C18H28N4OS/c1-2-24-16-8-7-15(14-16)20-18(23)22-11-5-10-21(12-13-22)17-6-3-4-9-19-17/h3-4,6,9,15-16H,2,5,7-8,10-14H2,1H3,(H,20,23). The van der Waals surface area contributed by atoms with Crippen LogP contribution < -0.4 is 10.2 Å². The van der Waals surface area contributed by atoms with E-state index in [1.54, 1.807) is 0 Å². The summed E-state index contributed by atoms with van der Waals surface area (Å²) < 4.78 is 0. The van der Waals surface area contributed by atoms with Crippen molar-refractivity contribution >= 4 is 23.6 Å². The summed E-state index contributed by atoms with van der Waals surface area (Å²) in [5.41, 5.74) is 0. The van der Waals surface area contributed by atoms with Gasteiger partial charge in [0.1, 0.15) is 5.82 Å². The predicted molar refractivity (Wildman–Crippen MR) is 101 cm³/mol. The van der Waals surface area contributed by atoms with Crippen LogP contribution in [0.3, 0.4) is 0 Å². The minimum atomic E-state index is 0.116. The number of nitrogens with one attached hydrogen (secondary N) is 1. The molecule has 0 aromatic carbocycles. The number of amides is 2. The van der Waals surface area contributed by atoms with Gasteiger partial charge in [0.15, 0.2) is 0 Å². The number of hydrogen-bond donors (Lipinski definition) is 1. The zero-order valence-corrected chi connectivity index (χ0v) is 15.3. The number of hydrogen-bond acceptors (Lipinski definition) is 4. The third kappa shape index (κ3) is 4.56. The van der Waals surface area contributed by atoms with Crippen LogP contribution in [0.2, 0.25) is 0 Å². The van der Waals surface area contributed by atoms with E-state index in [1.165, 1.54) is 12.2 Å². The van der Waals surface area contributed by atoms with Gasteiger partial charge in [-0.3, -0.25) is 0 Å². The molecule has 2 atom stereocenters. The van der Waals surface area contributed by atoms with Crippen LogP contribution in [0, 0.1) is 0 Å². The fourth-order valence-corrected chi connectivity index (χ4v) is 4.76. The first kappa shape index (κ1) is 17.4. The SMILES string of the molecule is CCSC1CCC(NC(=O)N2CCCN(c3ccccn3)CC2)C1. The van der Waals surface area contributed by atoms with E-state index < -0.39 is 0 Å². The highest BCUT2D eigenvalue weighted by molar-refractivity contribution is 7.99. The molecule has 1 saturated carbocycles. The maximum absolute atomic E-state index is 12.6.